The van der Waals surface area contributed by atoms with Crippen LogP contribution in [0.5, 0.6) is 0 Å². The Kier molecular flexibility index (Phi) is 15.3. The van der Waals surface area contributed by atoms with E-state index in [4.69, 9.17) is 9.84 Å². The number of carboxylic acid groups (broad SMARTS) is 1. The first-order valence-electron chi connectivity index (χ1n) is 7.76. The van der Waals surface area contributed by atoms with Crippen molar-refractivity contribution in [1.82, 2.24) is 0 Å². The maximum Gasteiger partial charge on any atom is 0.303 e. The van der Waals surface area contributed by atoms with Crippen molar-refractivity contribution in [2.45, 2.75) is 51.9 Å². The zero-order valence-electron chi connectivity index (χ0n) is 13.1. The predicted octanol–water partition coefficient (Wildman–Crippen LogP) is 4.66. The van der Waals surface area contributed by atoms with E-state index in [9.17, 15) is 4.79 Å². The van der Waals surface area contributed by atoms with Crippen molar-refractivity contribution in [3.63, 3.8) is 0 Å². The number of hydrogen-bond acceptors (Lipinski definition) is 2. The predicted molar refractivity (Wildman–Crippen MR) is 87.4 cm³/mol. The average Bonchev–Trinajstić information content (AvgIpc) is 2.46. The van der Waals surface area contributed by atoms with Crippen LogP contribution in [-0.4, -0.2) is 24.3 Å². The minimum absolute atomic E-state index is 0.162. The average molecular weight is 292 g/mol. The number of hydrogen-bond donors (Lipinski definition) is 1. The Balaban J connectivity index is 3.37. The van der Waals surface area contributed by atoms with Gasteiger partial charge in [-0.15, -0.1) is 5.73 Å². The molecule has 0 aromatic heterocycles. The SMILES string of the molecule is CCCC/C=C\C/C=C\COCCC=C=CCCC(=O)O. The van der Waals surface area contributed by atoms with Gasteiger partial charge in [-0.1, -0.05) is 44.1 Å². The lowest BCUT2D eigenvalue weighted by molar-refractivity contribution is -0.136. The van der Waals surface area contributed by atoms with E-state index < -0.39 is 5.97 Å². The molecule has 0 unspecified atom stereocenters. The zero-order chi connectivity index (χ0) is 15.6. The van der Waals surface area contributed by atoms with Crippen LogP contribution in [-0.2, 0) is 9.53 Å². The molecule has 0 amide bonds. The zero-order valence-corrected chi connectivity index (χ0v) is 13.1. The van der Waals surface area contributed by atoms with E-state index in [2.05, 4.69) is 30.9 Å². The van der Waals surface area contributed by atoms with Gasteiger partial charge in [0.25, 0.3) is 0 Å². The molecular formula is C18H28O3. The first-order valence-corrected chi connectivity index (χ1v) is 7.76. The van der Waals surface area contributed by atoms with Crippen LogP contribution in [0.15, 0.2) is 42.2 Å². The molecule has 0 aromatic carbocycles. The Morgan fingerprint density at radius 1 is 1.10 bits per heavy atom. The highest BCUT2D eigenvalue weighted by atomic mass is 16.5. The van der Waals surface area contributed by atoms with E-state index in [-0.39, 0.29) is 6.42 Å². The molecule has 1 N–H and O–H groups in total. The topological polar surface area (TPSA) is 46.5 Å². The first kappa shape index (κ1) is 19.4. The molecule has 0 atom stereocenters. The number of aliphatic carboxylic acids is 1. The van der Waals surface area contributed by atoms with Gasteiger partial charge in [-0.25, -0.2) is 0 Å². The van der Waals surface area contributed by atoms with Gasteiger partial charge in [0.05, 0.1) is 13.2 Å². The third-order valence-corrected chi connectivity index (χ3v) is 2.69. The van der Waals surface area contributed by atoms with E-state index in [1.54, 1.807) is 6.08 Å². The molecule has 0 saturated heterocycles. The van der Waals surface area contributed by atoms with Gasteiger partial charge in [-0.3, -0.25) is 4.79 Å². The smallest absolute Gasteiger partial charge is 0.303 e. The quantitative estimate of drug-likeness (QED) is 0.305. The molecule has 21 heavy (non-hydrogen) atoms. The fraction of sp³-hybridized carbons (Fsp3) is 0.556. The number of carboxylic acids is 1. The summed E-state index contributed by atoms with van der Waals surface area (Å²) >= 11 is 0. The number of ether oxygens (including phenoxy) is 1. The van der Waals surface area contributed by atoms with Crippen molar-refractivity contribution < 1.29 is 14.6 Å². The third-order valence-electron chi connectivity index (χ3n) is 2.69. The van der Waals surface area contributed by atoms with E-state index >= 15 is 0 Å². The molecule has 0 aromatic rings. The summed E-state index contributed by atoms with van der Waals surface area (Å²) in [6, 6.07) is 0. The molecule has 0 rings (SSSR count). The van der Waals surface area contributed by atoms with Crippen LogP contribution in [0.2, 0.25) is 0 Å². The van der Waals surface area contributed by atoms with Gasteiger partial charge in [0.15, 0.2) is 0 Å². The van der Waals surface area contributed by atoms with Crippen molar-refractivity contribution >= 4 is 5.97 Å². The van der Waals surface area contributed by atoms with Gasteiger partial charge in [-0.05, 0) is 37.8 Å². The molecule has 118 valence electrons. The molecule has 0 bridgehead atoms. The molecule has 0 aliphatic heterocycles. The molecule has 3 heteroatoms. The minimum Gasteiger partial charge on any atom is -0.481 e. The van der Waals surface area contributed by atoms with Crippen LogP contribution in [0, 0.1) is 0 Å². The maximum atomic E-state index is 10.3. The second-order valence-electron chi connectivity index (χ2n) is 4.69. The van der Waals surface area contributed by atoms with Gasteiger partial charge in [0, 0.05) is 6.42 Å². The fourth-order valence-electron chi connectivity index (χ4n) is 1.52. The Morgan fingerprint density at radius 3 is 2.62 bits per heavy atom. The molecule has 0 fully saturated rings. The Hall–Kier alpha value is -1.57. The second-order valence-corrected chi connectivity index (χ2v) is 4.69. The Morgan fingerprint density at radius 2 is 1.86 bits per heavy atom. The van der Waals surface area contributed by atoms with Crippen LogP contribution < -0.4 is 0 Å². The van der Waals surface area contributed by atoms with E-state index in [1.807, 2.05) is 12.2 Å². The lowest BCUT2D eigenvalue weighted by atomic mass is 10.2. The van der Waals surface area contributed by atoms with Gasteiger partial charge < -0.3 is 9.84 Å². The highest BCUT2D eigenvalue weighted by molar-refractivity contribution is 5.66. The summed E-state index contributed by atoms with van der Waals surface area (Å²) in [7, 11) is 0. The number of allylic oxidation sites excluding steroid dienone is 3. The normalized spacial score (nSPS) is 10.9. The largest absolute Gasteiger partial charge is 0.481 e. The van der Waals surface area contributed by atoms with E-state index in [0.717, 1.165) is 12.8 Å². The van der Waals surface area contributed by atoms with E-state index in [0.29, 0.717) is 19.6 Å². The fourth-order valence-corrected chi connectivity index (χ4v) is 1.52. The summed E-state index contributed by atoms with van der Waals surface area (Å²) in [5.41, 5.74) is 2.96. The molecule has 0 saturated carbocycles. The summed E-state index contributed by atoms with van der Waals surface area (Å²) in [4.78, 5) is 10.3. The number of unbranched alkanes of at least 4 members (excludes halogenated alkanes) is 2. The van der Waals surface area contributed by atoms with Gasteiger partial charge in [-0.2, -0.15) is 0 Å². The number of carbonyl (C=O) groups is 1. The van der Waals surface area contributed by atoms with Crippen molar-refractivity contribution in [3.05, 3.63) is 42.2 Å². The van der Waals surface area contributed by atoms with Crippen LogP contribution in [0.1, 0.15) is 51.9 Å². The number of rotatable bonds is 13. The van der Waals surface area contributed by atoms with Crippen LogP contribution in [0.25, 0.3) is 0 Å². The van der Waals surface area contributed by atoms with Crippen molar-refractivity contribution in [3.8, 4) is 0 Å². The van der Waals surface area contributed by atoms with Crippen LogP contribution in [0.4, 0.5) is 0 Å². The summed E-state index contributed by atoms with van der Waals surface area (Å²) < 4.78 is 5.43. The molecular weight excluding hydrogens is 264 g/mol. The first-order chi connectivity index (χ1) is 10.3. The third kappa shape index (κ3) is 18.4. The lowest BCUT2D eigenvalue weighted by Gasteiger charge is -1.95. The molecule has 0 aliphatic carbocycles. The van der Waals surface area contributed by atoms with Crippen molar-refractivity contribution in [2.75, 3.05) is 13.2 Å². The van der Waals surface area contributed by atoms with Crippen molar-refractivity contribution in [2.24, 2.45) is 0 Å². The Labute approximate surface area is 128 Å². The molecule has 0 aliphatic rings. The molecule has 0 spiro atoms. The Bertz CT molecular complexity index is 361. The van der Waals surface area contributed by atoms with Crippen LogP contribution >= 0.6 is 0 Å². The molecule has 3 nitrogen and oxygen atoms in total. The standard InChI is InChI=1S/C18H28O3/c1-2-3-4-5-6-7-10-13-16-21-17-14-11-8-9-12-15-18(19)20/h5-6,9-11,13H,2-4,7,12,14-17H2,1H3,(H,19,20)/b6-5-,13-10-. The summed E-state index contributed by atoms with van der Waals surface area (Å²) in [6.45, 7) is 3.50. The highest BCUT2D eigenvalue weighted by Gasteiger charge is 1.90. The van der Waals surface area contributed by atoms with Gasteiger partial charge in [0.2, 0.25) is 0 Å². The highest BCUT2D eigenvalue weighted by Crippen LogP contribution is 1.96. The molecule has 0 radical (unpaired) electrons. The monoisotopic (exact) mass is 292 g/mol. The summed E-state index contributed by atoms with van der Waals surface area (Å²) in [6.07, 6.45) is 18.4. The molecule has 0 heterocycles. The minimum atomic E-state index is -0.775. The van der Waals surface area contributed by atoms with Gasteiger partial charge >= 0.3 is 5.97 Å². The summed E-state index contributed by atoms with van der Waals surface area (Å²) in [5, 5.41) is 8.44. The van der Waals surface area contributed by atoms with Crippen LogP contribution in [0.3, 0.4) is 0 Å². The van der Waals surface area contributed by atoms with Gasteiger partial charge in [0.1, 0.15) is 0 Å². The van der Waals surface area contributed by atoms with E-state index in [1.165, 1.54) is 19.3 Å². The van der Waals surface area contributed by atoms with Crippen molar-refractivity contribution in [1.29, 1.82) is 0 Å². The maximum absolute atomic E-state index is 10.3. The second kappa shape index (κ2) is 16.5. The summed E-state index contributed by atoms with van der Waals surface area (Å²) in [5.74, 6) is -0.775. The lowest BCUT2D eigenvalue weighted by Crippen LogP contribution is -1.92.